The molecule has 0 spiro atoms. The maximum absolute atomic E-state index is 12.7. The Balaban J connectivity index is 1.73. The summed E-state index contributed by atoms with van der Waals surface area (Å²) in [6.45, 7) is 0.781. The smallest absolute Gasteiger partial charge is 0.263 e. The number of pyridine rings is 1. The van der Waals surface area contributed by atoms with Crippen molar-refractivity contribution in [3.63, 3.8) is 0 Å². The van der Waals surface area contributed by atoms with Crippen LogP contribution >= 0.6 is 15.9 Å². The van der Waals surface area contributed by atoms with Crippen LogP contribution in [-0.4, -0.2) is 28.7 Å². The van der Waals surface area contributed by atoms with Gasteiger partial charge >= 0.3 is 0 Å². The number of carbonyl (C=O) groups is 1. The lowest BCUT2D eigenvalue weighted by Gasteiger charge is -2.13. The average Bonchev–Trinajstić information content (AvgIpc) is 2.76. The lowest BCUT2D eigenvalue weighted by Crippen LogP contribution is -2.34. The molecule has 0 atom stereocenters. The monoisotopic (exact) mass is 470 g/mol. The van der Waals surface area contributed by atoms with Crippen LogP contribution in [-0.2, 0) is 19.6 Å². The summed E-state index contributed by atoms with van der Waals surface area (Å²) in [5, 5.41) is 11.4. The van der Waals surface area contributed by atoms with Crippen LogP contribution in [0.1, 0.15) is 21.5 Å². The number of aliphatic hydroxyl groups is 1. The predicted molar refractivity (Wildman–Crippen MR) is 119 cm³/mol. The molecule has 1 aromatic heterocycles. The number of rotatable bonds is 9. The van der Waals surface area contributed by atoms with Gasteiger partial charge < -0.3 is 19.7 Å². The maximum Gasteiger partial charge on any atom is 0.263 e. The van der Waals surface area contributed by atoms with Crippen molar-refractivity contribution in [1.29, 1.82) is 0 Å². The highest BCUT2D eigenvalue weighted by Gasteiger charge is 2.12. The first-order chi connectivity index (χ1) is 14.6. The number of benzene rings is 2. The second kappa shape index (κ2) is 10.8. The Morgan fingerprint density at radius 1 is 1.10 bits per heavy atom. The van der Waals surface area contributed by atoms with Crippen LogP contribution in [0.25, 0.3) is 0 Å². The fourth-order valence-corrected chi connectivity index (χ4v) is 3.42. The van der Waals surface area contributed by atoms with Crippen LogP contribution in [0, 0.1) is 0 Å². The Kier molecular flexibility index (Phi) is 7.82. The van der Waals surface area contributed by atoms with Crippen molar-refractivity contribution in [3.8, 4) is 5.75 Å². The van der Waals surface area contributed by atoms with Crippen molar-refractivity contribution < 1.29 is 14.6 Å². The first-order valence-corrected chi connectivity index (χ1v) is 10.4. The summed E-state index contributed by atoms with van der Waals surface area (Å²) >= 11 is 3.49. The third-order valence-electron chi connectivity index (χ3n) is 4.54. The molecule has 3 rings (SSSR count). The lowest BCUT2D eigenvalue weighted by atomic mass is 10.1. The minimum absolute atomic E-state index is 0.0562. The summed E-state index contributed by atoms with van der Waals surface area (Å²) in [5.41, 5.74) is 1.72. The summed E-state index contributed by atoms with van der Waals surface area (Å²) in [6.07, 6.45) is 2.22. The van der Waals surface area contributed by atoms with Gasteiger partial charge in [-0.05, 0) is 47.9 Å². The van der Waals surface area contributed by atoms with Crippen LogP contribution in [0.5, 0.6) is 5.75 Å². The number of aryl methyl sites for hydroxylation is 2. The Bertz CT molecular complexity index is 1050. The molecule has 0 bridgehead atoms. The van der Waals surface area contributed by atoms with Gasteiger partial charge in [-0.25, -0.2) is 0 Å². The molecule has 0 aliphatic heterocycles. The highest BCUT2D eigenvalue weighted by atomic mass is 79.9. The fourth-order valence-electron chi connectivity index (χ4n) is 3.01. The van der Waals surface area contributed by atoms with Crippen molar-refractivity contribution in [2.45, 2.75) is 19.6 Å². The summed E-state index contributed by atoms with van der Waals surface area (Å²) < 4.78 is 8.44. The number of aliphatic hydroxyl groups excluding tert-OH is 1. The van der Waals surface area contributed by atoms with E-state index in [4.69, 9.17) is 9.84 Å². The standard InChI is InChI=1S/C23H23BrN2O4/c24-19-8-9-21(30-16-17-5-2-1-3-6-17)18(15-19)10-13-26-12-4-7-20(23(26)29)22(28)25-11-14-27/h1-9,12,15,27H,10-11,13-14,16H2,(H,25,28). The van der Waals surface area contributed by atoms with Gasteiger partial charge in [-0.1, -0.05) is 46.3 Å². The molecule has 7 heteroatoms. The zero-order valence-corrected chi connectivity index (χ0v) is 18.0. The molecule has 2 N–H and O–H groups in total. The van der Waals surface area contributed by atoms with Gasteiger partial charge in [-0.15, -0.1) is 0 Å². The number of ether oxygens (including phenoxy) is 1. The SMILES string of the molecule is O=C(NCCO)c1cccn(CCc2cc(Br)ccc2OCc2ccccc2)c1=O. The molecule has 30 heavy (non-hydrogen) atoms. The van der Waals surface area contributed by atoms with Gasteiger partial charge in [0, 0.05) is 23.8 Å². The quantitative estimate of drug-likeness (QED) is 0.503. The number of aromatic nitrogens is 1. The van der Waals surface area contributed by atoms with Crippen molar-refractivity contribution in [2.24, 2.45) is 0 Å². The molecular weight excluding hydrogens is 448 g/mol. The highest BCUT2D eigenvalue weighted by Crippen LogP contribution is 2.25. The molecule has 0 radical (unpaired) electrons. The van der Waals surface area contributed by atoms with E-state index < -0.39 is 5.91 Å². The average molecular weight is 471 g/mol. The minimum atomic E-state index is -0.488. The third-order valence-corrected chi connectivity index (χ3v) is 5.04. The first-order valence-electron chi connectivity index (χ1n) is 9.62. The Labute approximate surface area is 183 Å². The van der Waals surface area contributed by atoms with Crippen LogP contribution in [0.15, 0.2) is 76.1 Å². The molecule has 1 amide bonds. The Hall–Kier alpha value is -2.90. The zero-order chi connectivity index (χ0) is 21.3. The number of hydrogen-bond acceptors (Lipinski definition) is 4. The Morgan fingerprint density at radius 3 is 2.67 bits per heavy atom. The molecule has 0 saturated carbocycles. The topological polar surface area (TPSA) is 80.6 Å². The third kappa shape index (κ3) is 5.81. The van der Waals surface area contributed by atoms with Gasteiger partial charge in [0.15, 0.2) is 0 Å². The van der Waals surface area contributed by atoms with Crippen molar-refractivity contribution in [3.05, 3.63) is 98.4 Å². The number of nitrogens with zero attached hydrogens (tertiary/aromatic N) is 1. The molecule has 0 aliphatic rings. The molecule has 1 heterocycles. The molecule has 6 nitrogen and oxygen atoms in total. The second-order valence-corrected chi connectivity index (χ2v) is 7.59. The van der Waals surface area contributed by atoms with Crippen molar-refractivity contribution >= 4 is 21.8 Å². The normalized spacial score (nSPS) is 10.6. The number of hydrogen-bond donors (Lipinski definition) is 2. The summed E-state index contributed by atoms with van der Waals surface area (Å²) in [4.78, 5) is 24.8. The molecule has 3 aromatic rings. The van der Waals surface area contributed by atoms with E-state index in [0.717, 1.165) is 21.3 Å². The summed E-state index contributed by atoms with van der Waals surface area (Å²) in [7, 11) is 0. The minimum Gasteiger partial charge on any atom is -0.489 e. The molecule has 0 aliphatic carbocycles. The van der Waals surface area contributed by atoms with E-state index in [-0.39, 0.29) is 24.3 Å². The highest BCUT2D eigenvalue weighted by molar-refractivity contribution is 9.10. The first kappa shape index (κ1) is 21.8. The van der Waals surface area contributed by atoms with E-state index in [2.05, 4.69) is 21.2 Å². The van der Waals surface area contributed by atoms with Gasteiger partial charge in [0.1, 0.15) is 17.9 Å². The van der Waals surface area contributed by atoms with E-state index in [1.165, 1.54) is 10.6 Å². The predicted octanol–water partition coefficient (Wildman–Crippen LogP) is 3.15. The molecule has 0 saturated heterocycles. The summed E-state index contributed by atoms with van der Waals surface area (Å²) in [6, 6.07) is 18.9. The van der Waals surface area contributed by atoms with Crippen LogP contribution in [0.4, 0.5) is 0 Å². The number of nitrogens with one attached hydrogen (secondary N) is 1. The lowest BCUT2D eigenvalue weighted by molar-refractivity contribution is 0.0942. The van der Waals surface area contributed by atoms with Gasteiger partial charge in [-0.2, -0.15) is 0 Å². The van der Waals surface area contributed by atoms with E-state index in [1.54, 1.807) is 12.3 Å². The van der Waals surface area contributed by atoms with Gasteiger partial charge in [-0.3, -0.25) is 9.59 Å². The summed E-state index contributed by atoms with van der Waals surface area (Å²) in [5.74, 6) is 0.268. The molecule has 156 valence electrons. The van der Waals surface area contributed by atoms with E-state index in [0.29, 0.717) is 19.6 Å². The van der Waals surface area contributed by atoms with E-state index >= 15 is 0 Å². The second-order valence-electron chi connectivity index (χ2n) is 6.68. The zero-order valence-electron chi connectivity index (χ0n) is 16.4. The number of amides is 1. The van der Waals surface area contributed by atoms with E-state index in [1.807, 2.05) is 48.5 Å². The largest absolute Gasteiger partial charge is 0.489 e. The Morgan fingerprint density at radius 2 is 1.90 bits per heavy atom. The van der Waals surface area contributed by atoms with Gasteiger partial charge in [0.25, 0.3) is 11.5 Å². The van der Waals surface area contributed by atoms with Crippen LogP contribution in [0.3, 0.4) is 0 Å². The van der Waals surface area contributed by atoms with Gasteiger partial charge in [0.05, 0.1) is 6.61 Å². The molecule has 2 aromatic carbocycles. The van der Waals surface area contributed by atoms with Crippen molar-refractivity contribution in [1.82, 2.24) is 9.88 Å². The maximum atomic E-state index is 12.7. The van der Waals surface area contributed by atoms with Crippen molar-refractivity contribution in [2.75, 3.05) is 13.2 Å². The number of carbonyl (C=O) groups excluding carboxylic acids is 1. The molecule has 0 fully saturated rings. The van der Waals surface area contributed by atoms with Gasteiger partial charge in [0.2, 0.25) is 0 Å². The van der Waals surface area contributed by atoms with Crippen LogP contribution in [0.2, 0.25) is 0 Å². The fraction of sp³-hybridized carbons (Fsp3) is 0.217. The molecular formula is C23H23BrN2O4. The number of halogens is 1. The molecule has 0 unspecified atom stereocenters. The van der Waals surface area contributed by atoms with Crippen LogP contribution < -0.4 is 15.6 Å². The van der Waals surface area contributed by atoms with E-state index in [9.17, 15) is 9.59 Å².